The highest BCUT2D eigenvalue weighted by atomic mass is 16.4. The van der Waals surface area contributed by atoms with E-state index >= 15 is 0 Å². The van der Waals surface area contributed by atoms with Crippen LogP contribution < -0.4 is 5.32 Å². The summed E-state index contributed by atoms with van der Waals surface area (Å²) in [5.74, 6) is 1.61. The molecule has 4 heteroatoms. The van der Waals surface area contributed by atoms with E-state index in [1.54, 1.807) is 5.92 Å². The molecular weight excluding hydrogens is 146 g/mol. The Bertz CT molecular complexity index is 234. The Morgan fingerprint density at radius 3 is 2.64 bits per heavy atom. The van der Waals surface area contributed by atoms with Gasteiger partial charge in [-0.3, -0.25) is 4.79 Å². The van der Waals surface area contributed by atoms with Crippen molar-refractivity contribution in [1.82, 2.24) is 5.32 Å². The van der Waals surface area contributed by atoms with E-state index in [0.29, 0.717) is 0 Å². The van der Waals surface area contributed by atoms with Gasteiger partial charge in [0.1, 0.15) is 0 Å². The van der Waals surface area contributed by atoms with E-state index in [0.717, 1.165) is 0 Å². The summed E-state index contributed by atoms with van der Waals surface area (Å²) in [4.78, 5) is 20.3. The molecule has 0 aliphatic rings. The average Bonchev–Trinajstić information content (AvgIpc) is 1.97. The molecule has 2 N–H and O–H groups in total. The van der Waals surface area contributed by atoms with E-state index in [2.05, 4.69) is 11.9 Å². The van der Waals surface area contributed by atoms with Gasteiger partial charge < -0.3 is 10.4 Å². The van der Waals surface area contributed by atoms with E-state index in [1.807, 2.05) is 5.92 Å². The third-order valence-corrected chi connectivity index (χ3v) is 0.690. The summed E-state index contributed by atoms with van der Waals surface area (Å²) in [7, 11) is 0. The molecule has 1 amide bonds. The van der Waals surface area contributed by atoms with Crippen molar-refractivity contribution < 1.29 is 14.7 Å². The van der Waals surface area contributed by atoms with Crippen LogP contribution in [0.15, 0.2) is 12.7 Å². The molecule has 0 radical (unpaired) electrons. The lowest BCUT2D eigenvalue weighted by Gasteiger charge is -1.90. The van der Waals surface area contributed by atoms with Gasteiger partial charge in [-0.05, 0) is 0 Å². The first-order valence-corrected chi connectivity index (χ1v) is 2.80. The Labute approximate surface area is 63.9 Å². The van der Waals surface area contributed by atoms with Gasteiger partial charge >= 0.3 is 5.97 Å². The molecule has 0 atom stereocenters. The maximum absolute atomic E-state index is 10.5. The van der Waals surface area contributed by atoms with E-state index in [9.17, 15) is 9.59 Å². The quantitative estimate of drug-likeness (QED) is 0.410. The predicted octanol–water partition coefficient (Wildman–Crippen LogP) is -0.623. The fourth-order valence-electron chi connectivity index (χ4n) is 0.319. The summed E-state index contributed by atoms with van der Waals surface area (Å²) in [6, 6.07) is 0. The first-order chi connectivity index (χ1) is 5.16. The van der Waals surface area contributed by atoms with Crippen molar-refractivity contribution in [2.45, 2.75) is 0 Å². The zero-order chi connectivity index (χ0) is 8.69. The summed E-state index contributed by atoms with van der Waals surface area (Å²) in [6.07, 6.45) is 1.47. The van der Waals surface area contributed by atoms with Crippen LogP contribution in [0.25, 0.3) is 0 Å². The van der Waals surface area contributed by atoms with Crippen LogP contribution in [0.4, 0.5) is 0 Å². The first-order valence-electron chi connectivity index (χ1n) is 2.80. The number of carbonyl (C=O) groups is 2. The zero-order valence-corrected chi connectivity index (χ0v) is 5.76. The van der Waals surface area contributed by atoms with E-state index in [1.165, 1.54) is 6.08 Å². The number of carboxylic acids is 1. The van der Waals surface area contributed by atoms with Gasteiger partial charge in [0, 0.05) is 18.4 Å². The van der Waals surface area contributed by atoms with Gasteiger partial charge in [0.2, 0.25) is 0 Å². The largest absolute Gasteiger partial charge is 0.472 e. The third kappa shape index (κ3) is 6.12. The Hall–Kier alpha value is -1.76. The number of amides is 1. The number of hydrogen-bond donors (Lipinski definition) is 2. The second kappa shape index (κ2) is 5.06. The second-order valence-electron chi connectivity index (χ2n) is 1.55. The van der Waals surface area contributed by atoms with Gasteiger partial charge in [0.15, 0.2) is 0 Å². The molecule has 4 nitrogen and oxygen atoms in total. The Kier molecular flexibility index (Phi) is 4.25. The van der Waals surface area contributed by atoms with Crippen LogP contribution in [-0.4, -0.2) is 23.5 Å². The third-order valence-electron chi connectivity index (χ3n) is 0.690. The first kappa shape index (κ1) is 9.24. The van der Waals surface area contributed by atoms with Crippen molar-refractivity contribution in [3.8, 4) is 11.8 Å². The second-order valence-corrected chi connectivity index (χ2v) is 1.55. The molecule has 0 spiro atoms. The number of nitrogens with one attached hydrogen (secondary N) is 1. The summed E-state index contributed by atoms with van der Waals surface area (Å²) < 4.78 is 0. The van der Waals surface area contributed by atoms with E-state index in [4.69, 9.17) is 5.11 Å². The Morgan fingerprint density at radius 1 is 1.55 bits per heavy atom. The minimum atomic E-state index is -1.32. The summed E-state index contributed by atoms with van der Waals surface area (Å²) >= 11 is 0. The molecule has 0 bridgehead atoms. The molecule has 11 heavy (non-hydrogen) atoms. The van der Waals surface area contributed by atoms with Crippen molar-refractivity contribution in [3.63, 3.8) is 0 Å². The highest BCUT2D eigenvalue weighted by Gasteiger charge is 1.91. The molecule has 0 rings (SSSR count). The van der Waals surface area contributed by atoms with Crippen molar-refractivity contribution in [2.75, 3.05) is 6.54 Å². The van der Waals surface area contributed by atoms with Crippen molar-refractivity contribution in [2.24, 2.45) is 0 Å². The summed E-state index contributed by atoms with van der Waals surface area (Å²) in [5, 5.41) is 10.3. The molecule has 58 valence electrons. The number of carbonyl (C=O) groups excluding carboxylic acids is 1. The minimum Gasteiger partial charge on any atom is -0.472 e. The zero-order valence-electron chi connectivity index (χ0n) is 5.76. The Balaban J connectivity index is 3.80. The smallest absolute Gasteiger partial charge is 0.382 e. The van der Waals surface area contributed by atoms with Crippen molar-refractivity contribution in [1.29, 1.82) is 0 Å². The van der Waals surface area contributed by atoms with Gasteiger partial charge in [-0.15, -0.1) is 6.58 Å². The van der Waals surface area contributed by atoms with Crippen LogP contribution in [0.2, 0.25) is 0 Å². The van der Waals surface area contributed by atoms with Gasteiger partial charge in [-0.1, -0.05) is 6.08 Å². The van der Waals surface area contributed by atoms with Gasteiger partial charge in [0.25, 0.3) is 5.91 Å². The van der Waals surface area contributed by atoms with E-state index in [-0.39, 0.29) is 6.54 Å². The molecule has 0 aliphatic heterocycles. The molecule has 0 aromatic carbocycles. The lowest BCUT2D eigenvalue weighted by atomic mass is 10.5. The van der Waals surface area contributed by atoms with Gasteiger partial charge in [-0.25, -0.2) is 4.79 Å². The molecule has 0 aliphatic carbocycles. The fourth-order valence-corrected chi connectivity index (χ4v) is 0.319. The predicted molar refractivity (Wildman–Crippen MR) is 38.6 cm³/mol. The molecule has 0 heterocycles. The summed E-state index contributed by atoms with van der Waals surface area (Å²) in [5.41, 5.74) is 0. The van der Waals surface area contributed by atoms with E-state index < -0.39 is 11.9 Å². The molecule has 0 saturated heterocycles. The van der Waals surface area contributed by atoms with Gasteiger partial charge in [0.05, 0.1) is 0 Å². The number of aliphatic carboxylic acids is 1. The SMILES string of the molecule is C=CCNC(=O)C#CC(=O)O. The Morgan fingerprint density at radius 2 is 2.18 bits per heavy atom. The molecule has 0 aromatic heterocycles. The maximum atomic E-state index is 10.5. The van der Waals surface area contributed by atoms with Crippen LogP contribution in [0.3, 0.4) is 0 Å². The fraction of sp³-hybridized carbons (Fsp3) is 0.143. The number of carboxylic acid groups (broad SMARTS) is 1. The van der Waals surface area contributed by atoms with Gasteiger partial charge in [-0.2, -0.15) is 0 Å². The highest BCUT2D eigenvalue weighted by molar-refractivity contribution is 6.00. The normalized spacial score (nSPS) is 7.27. The van der Waals surface area contributed by atoms with Crippen LogP contribution in [0, 0.1) is 11.8 Å². The molecule has 0 aromatic rings. The minimum absolute atomic E-state index is 0.285. The average molecular weight is 153 g/mol. The highest BCUT2D eigenvalue weighted by Crippen LogP contribution is 1.64. The lowest BCUT2D eigenvalue weighted by Crippen LogP contribution is -2.21. The molecule has 0 unspecified atom stereocenters. The molecule has 0 saturated carbocycles. The van der Waals surface area contributed by atoms with Crippen molar-refractivity contribution in [3.05, 3.63) is 12.7 Å². The number of hydrogen-bond acceptors (Lipinski definition) is 2. The van der Waals surface area contributed by atoms with Crippen LogP contribution in [0.1, 0.15) is 0 Å². The standard InChI is InChI=1S/C7H7NO3/c1-2-5-8-6(9)3-4-7(10)11/h2H,1,5H2,(H,8,9)(H,10,11). The van der Waals surface area contributed by atoms with Crippen LogP contribution in [-0.2, 0) is 9.59 Å². The molecular formula is C7H7NO3. The molecule has 0 fully saturated rings. The number of rotatable bonds is 2. The monoisotopic (exact) mass is 153 g/mol. The van der Waals surface area contributed by atoms with Crippen molar-refractivity contribution >= 4 is 11.9 Å². The summed E-state index contributed by atoms with van der Waals surface area (Å²) in [6.45, 7) is 3.63. The van der Waals surface area contributed by atoms with Crippen LogP contribution >= 0.6 is 0 Å². The lowest BCUT2D eigenvalue weighted by molar-refractivity contribution is -0.130. The maximum Gasteiger partial charge on any atom is 0.382 e. The van der Waals surface area contributed by atoms with Crippen LogP contribution in [0.5, 0.6) is 0 Å². The topological polar surface area (TPSA) is 66.4 Å².